The van der Waals surface area contributed by atoms with Crippen LogP contribution in [0.25, 0.3) is 10.9 Å². The number of aromatic nitrogens is 2. The summed E-state index contributed by atoms with van der Waals surface area (Å²) in [6.45, 7) is 5.13. The van der Waals surface area contributed by atoms with E-state index in [4.69, 9.17) is 12.2 Å². The number of carbonyl (C=O) groups excluding carboxylic acids is 1. The molecule has 7 heteroatoms. The number of hydrogen-bond acceptors (Lipinski definition) is 4. The summed E-state index contributed by atoms with van der Waals surface area (Å²) in [5.74, 6) is 0.950. The van der Waals surface area contributed by atoms with Crippen molar-refractivity contribution in [3.05, 3.63) is 39.4 Å². The molecule has 0 bridgehead atoms. The molecule has 0 spiro atoms. The molecule has 2 aromatic rings. The van der Waals surface area contributed by atoms with Gasteiger partial charge in [-0.05, 0) is 56.1 Å². The SMILES string of the molecule is O=C(CCn1c(=S)[nH]c2ccccc2c1=O)N1CCCN(CC2CCCCC2)CC1. The van der Waals surface area contributed by atoms with Crippen LogP contribution in [0.4, 0.5) is 0 Å². The molecule has 162 valence electrons. The van der Waals surface area contributed by atoms with Gasteiger partial charge in [-0.25, -0.2) is 0 Å². The summed E-state index contributed by atoms with van der Waals surface area (Å²) in [6.07, 6.45) is 8.19. The van der Waals surface area contributed by atoms with Crippen molar-refractivity contribution >= 4 is 29.0 Å². The van der Waals surface area contributed by atoms with Crippen molar-refractivity contribution in [2.75, 3.05) is 32.7 Å². The zero-order chi connectivity index (χ0) is 20.9. The molecule has 4 rings (SSSR count). The molecule has 1 N–H and O–H groups in total. The van der Waals surface area contributed by atoms with Crippen molar-refractivity contribution in [1.82, 2.24) is 19.4 Å². The Morgan fingerprint density at radius 2 is 1.83 bits per heavy atom. The van der Waals surface area contributed by atoms with Crippen LogP contribution in [0, 0.1) is 10.7 Å². The van der Waals surface area contributed by atoms with E-state index in [1.54, 1.807) is 6.07 Å². The van der Waals surface area contributed by atoms with E-state index in [9.17, 15) is 9.59 Å². The number of rotatable bonds is 5. The van der Waals surface area contributed by atoms with Crippen LogP contribution in [0.15, 0.2) is 29.1 Å². The first-order chi connectivity index (χ1) is 14.6. The van der Waals surface area contributed by atoms with E-state index in [1.165, 1.54) is 43.2 Å². The van der Waals surface area contributed by atoms with Crippen LogP contribution in [0.5, 0.6) is 0 Å². The Morgan fingerprint density at radius 3 is 2.67 bits per heavy atom. The number of aromatic amines is 1. The van der Waals surface area contributed by atoms with E-state index < -0.39 is 0 Å². The Hall–Kier alpha value is -1.99. The normalized spacial score (nSPS) is 19.1. The lowest BCUT2D eigenvalue weighted by Gasteiger charge is -2.28. The number of nitrogens with zero attached hydrogens (tertiary/aromatic N) is 3. The average molecular weight is 429 g/mol. The number of benzene rings is 1. The fourth-order valence-electron chi connectivity index (χ4n) is 4.91. The minimum absolute atomic E-state index is 0.115. The molecule has 0 radical (unpaired) electrons. The largest absolute Gasteiger partial charge is 0.341 e. The molecule has 1 aliphatic heterocycles. The van der Waals surface area contributed by atoms with Gasteiger partial charge in [-0.15, -0.1) is 0 Å². The third-order valence-electron chi connectivity index (χ3n) is 6.62. The quantitative estimate of drug-likeness (QED) is 0.740. The number of H-pyrrole nitrogens is 1. The van der Waals surface area contributed by atoms with Gasteiger partial charge in [0.15, 0.2) is 4.77 Å². The third kappa shape index (κ3) is 5.01. The second-order valence-corrected chi connectivity index (χ2v) is 9.11. The number of hydrogen-bond donors (Lipinski definition) is 1. The Bertz CT molecular complexity index is 993. The van der Waals surface area contributed by atoms with Gasteiger partial charge in [-0.1, -0.05) is 31.4 Å². The number of carbonyl (C=O) groups is 1. The van der Waals surface area contributed by atoms with Gasteiger partial charge in [-0.3, -0.25) is 14.2 Å². The van der Waals surface area contributed by atoms with Gasteiger partial charge in [0.05, 0.1) is 10.9 Å². The molecule has 1 saturated carbocycles. The van der Waals surface area contributed by atoms with Crippen LogP contribution in [-0.4, -0.2) is 58.0 Å². The highest BCUT2D eigenvalue weighted by molar-refractivity contribution is 7.71. The van der Waals surface area contributed by atoms with Crippen LogP contribution in [-0.2, 0) is 11.3 Å². The van der Waals surface area contributed by atoms with Crippen LogP contribution >= 0.6 is 12.2 Å². The number of fused-ring (bicyclic) bond motifs is 1. The molecule has 6 nitrogen and oxygen atoms in total. The lowest BCUT2D eigenvalue weighted by atomic mass is 9.89. The topological polar surface area (TPSA) is 61.3 Å². The molecule has 0 atom stereocenters. The smallest absolute Gasteiger partial charge is 0.262 e. The first-order valence-electron chi connectivity index (χ1n) is 11.3. The fourth-order valence-corrected chi connectivity index (χ4v) is 5.19. The van der Waals surface area contributed by atoms with Gasteiger partial charge < -0.3 is 14.8 Å². The minimum Gasteiger partial charge on any atom is -0.341 e. The molecule has 1 aromatic heterocycles. The molecule has 2 heterocycles. The Morgan fingerprint density at radius 1 is 1.03 bits per heavy atom. The number of amides is 1. The van der Waals surface area contributed by atoms with E-state index in [-0.39, 0.29) is 11.5 Å². The molecule has 0 unspecified atom stereocenters. The zero-order valence-electron chi connectivity index (χ0n) is 17.6. The Kier molecular flexibility index (Phi) is 7.00. The molecule has 2 aliphatic rings. The highest BCUT2D eigenvalue weighted by Crippen LogP contribution is 2.24. The monoisotopic (exact) mass is 428 g/mol. The molecule has 30 heavy (non-hydrogen) atoms. The first kappa shape index (κ1) is 21.2. The lowest BCUT2D eigenvalue weighted by molar-refractivity contribution is -0.131. The summed E-state index contributed by atoms with van der Waals surface area (Å²) in [5, 5.41) is 0.603. The minimum atomic E-state index is -0.128. The number of para-hydroxylation sites is 1. The van der Waals surface area contributed by atoms with Crippen LogP contribution in [0.3, 0.4) is 0 Å². The molecule has 1 amide bonds. The molecule has 2 fully saturated rings. The van der Waals surface area contributed by atoms with E-state index >= 15 is 0 Å². The summed E-state index contributed by atoms with van der Waals surface area (Å²) in [6, 6.07) is 7.35. The first-order valence-corrected chi connectivity index (χ1v) is 11.7. The van der Waals surface area contributed by atoms with Gasteiger partial charge in [0.25, 0.3) is 5.56 Å². The average Bonchev–Trinajstić information content (AvgIpc) is 3.00. The molecule has 1 aliphatic carbocycles. The van der Waals surface area contributed by atoms with Crippen molar-refractivity contribution in [2.24, 2.45) is 5.92 Å². The highest BCUT2D eigenvalue weighted by Gasteiger charge is 2.22. The predicted molar refractivity (Wildman–Crippen MR) is 122 cm³/mol. The summed E-state index contributed by atoms with van der Waals surface area (Å²) >= 11 is 5.37. The summed E-state index contributed by atoms with van der Waals surface area (Å²) in [7, 11) is 0. The van der Waals surface area contributed by atoms with Crippen molar-refractivity contribution in [3.63, 3.8) is 0 Å². The molecular weight excluding hydrogens is 396 g/mol. The predicted octanol–water partition coefficient (Wildman–Crippen LogP) is 3.56. The fraction of sp³-hybridized carbons (Fsp3) is 0.609. The van der Waals surface area contributed by atoms with Gasteiger partial charge in [0, 0.05) is 39.1 Å². The molecule has 1 saturated heterocycles. The maximum atomic E-state index is 12.9. The van der Waals surface area contributed by atoms with E-state index in [0.717, 1.165) is 44.0 Å². The molecule has 1 aromatic carbocycles. The second kappa shape index (κ2) is 9.88. The van der Waals surface area contributed by atoms with E-state index in [2.05, 4.69) is 9.88 Å². The zero-order valence-corrected chi connectivity index (χ0v) is 18.5. The van der Waals surface area contributed by atoms with Gasteiger partial charge >= 0.3 is 0 Å². The maximum Gasteiger partial charge on any atom is 0.262 e. The van der Waals surface area contributed by atoms with E-state index in [1.807, 2.05) is 23.1 Å². The number of nitrogens with one attached hydrogen (secondary N) is 1. The summed E-state index contributed by atoms with van der Waals surface area (Å²) < 4.78 is 1.89. The van der Waals surface area contributed by atoms with E-state index in [0.29, 0.717) is 23.1 Å². The highest BCUT2D eigenvalue weighted by atomic mass is 32.1. The van der Waals surface area contributed by atoms with Gasteiger partial charge in [0.1, 0.15) is 0 Å². The molecular formula is C23H32N4O2S. The van der Waals surface area contributed by atoms with Crippen molar-refractivity contribution in [2.45, 2.75) is 51.5 Å². The van der Waals surface area contributed by atoms with Gasteiger partial charge in [-0.2, -0.15) is 0 Å². The van der Waals surface area contributed by atoms with Gasteiger partial charge in [0.2, 0.25) is 5.91 Å². The van der Waals surface area contributed by atoms with Crippen LogP contribution < -0.4 is 5.56 Å². The van der Waals surface area contributed by atoms with Crippen molar-refractivity contribution in [1.29, 1.82) is 0 Å². The second-order valence-electron chi connectivity index (χ2n) is 8.72. The van der Waals surface area contributed by atoms with Crippen molar-refractivity contribution < 1.29 is 4.79 Å². The third-order valence-corrected chi connectivity index (χ3v) is 6.94. The summed E-state index contributed by atoms with van der Waals surface area (Å²) in [4.78, 5) is 33.2. The standard InChI is InChI=1S/C23H32N4O2S/c28-21(11-14-27-22(29)19-9-4-5-10-20(19)24-23(27)30)26-13-6-12-25(15-16-26)17-18-7-2-1-3-8-18/h4-5,9-10,18H,1-3,6-8,11-17H2,(H,24,30). The maximum absolute atomic E-state index is 12.9. The van der Waals surface area contributed by atoms with Crippen LogP contribution in [0.2, 0.25) is 0 Å². The lowest BCUT2D eigenvalue weighted by Crippen LogP contribution is -2.37. The van der Waals surface area contributed by atoms with Crippen LogP contribution in [0.1, 0.15) is 44.9 Å². The summed E-state index contributed by atoms with van der Waals surface area (Å²) in [5.41, 5.74) is 0.609. The Balaban J connectivity index is 1.34. The Labute approximate surface area is 182 Å². The van der Waals surface area contributed by atoms with Crippen molar-refractivity contribution in [3.8, 4) is 0 Å².